The highest BCUT2D eigenvalue weighted by molar-refractivity contribution is 7.97. The third-order valence-electron chi connectivity index (χ3n) is 4.71. The molecule has 0 saturated carbocycles. The smallest absolute Gasteiger partial charge is 0.222 e. The Balaban J connectivity index is 1.85. The van der Waals surface area contributed by atoms with Gasteiger partial charge in [-0.3, -0.25) is 4.79 Å². The highest BCUT2D eigenvalue weighted by atomic mass is 32.2. The second-order valence-electron chi connectivity index (χ2n) is 6.43. The van der Waals surface area contributed by atoms with Gasteiger partial charge < -0.3 is 10.6 Å². The molecule has 0 spiro atoms. The summed E-state index contributed by atoms with van der Waals surface area (Å²) in [5.41, 5.74) is 7.84. The molecule has 4 rings (SSSR count). The van der Waals surface area contributed by atoms with Crippen LogP contribution in [0.1, 0.15) is 12.2 Å². The van der Waals surface area contributed by atoms with Crippen LogP contribution in [0.2, 0.25) is 0 Å². The Morgan fingerprint density at radius 3 is 2.85 bits per heavy atom. The maximum absolute atomic E-state index is 11.6. The fourth-order valence-electron chi connectivity index (χ4n) is 3.40. The van der Waals surface area contributed by atoms with Crippen LogP contribution in [0, 0.1) is 5.92 Å². The summed E-state index contributed by atoms with van der Waals surface area (Å²) in [5.74, 6) is 2.21. The van der Waals surface area contributed by atoms with E-state index in [9.17, 15) is 4.79 Å². The number of thiophene rings is 1. The van der Waals surface area contributed by atoms with Gasteiger partial charge in [-0.2, -0.15) is 11.8 Å². The van der Waals surface area contributed by atoms with Crippen LogP contribution in [-0.4, -0.2) is 35.2 Å². The van der Waals surface area contributed by atoms with Gasteiger partial charge in [-0.15, -0.1) is 11.3 Å². The molecule has 1 aliphatic rings. The molecule has 7 heteroatoms. The highest BCUT2D eigenvalue weighted by Crippen LogP contribution is 2.39. The number of hydrogen-bond donors (Lipinski definition) is 1. The van der Waals surface area contributed by atoms with Crippen LogP contribution in [0.5, 0.6) is 0 Å². The van der Waals surface area contributed by atoms with Crippen molar-refractivity contribution in [3.05, 3.63) is 41.5 Å². The number of fused-ring (bicyclic) bond motifs is 1. The summed E-state index contributed by atoms with van der Waals surface area (Å²) in [7, 11) is 0. The molecule has 0 aliphatic carbocycles. The van der Waals surface area contributed by atoms with Crippen molar-refractivity contribution >= 4 is 45.0 Å². The largest absolute Gasteiger partial charge is 0.369 e. The molecule has 5 nitrogen and oxygen atoms in total. The lowest BCUT2D eigenvalue weighted by atomic mass is 10.1. The number of anilines is 1. The van der Waals surface area contributed by atoms with Crippen LogP contribution >= 0.6 is 23.1 Å². The van der Waals surface area contributed by atoms with Gasteiger partial charge in [-0.25, -0.2) is 9.97 Å². The molecule has 1 fully saturated rings. The quantitative estimate of drug-likeness (QED) is 0.728. The van der Waals surface area contributed by atoms with Gasteiger partial charge in [0.25, 0.3) is 0 Å². The third kappa shape index (κ3) is 3.17. The molecule has 3 aromatic rings. The number of aromatic nitrogens is 2. The fraction of sp³-hybridized carbons (Fsp3) is 0.316. The molecule has 1 amide bonds. The summed E-state index contributed by atoms with van der Waals surface area (Å²) in [6, 6.07) is 10.3. The first-order chi connectivity index (χ1) is 12.7. The molecule has 0 radical (unpaired) electrons. The normalized spacial score (nSPS) is 17.1. The van der Waals surface area contributed by atoms with E-state index in [-0.39, 0.29) is 11.8 Å². The lowest BCUT2D eigenvalue weighted by Gasteiger charge is -2.19. The van der Waals surface area contributed by atoms with Crippen molar-refractivity contribution in [2.45, 2.75) is 12.2 Å². The number of amides is 1. The number of thioether (sulfide) groups is 1. The standard InChI is InChI=1S/C19H20N4OS2/c1-25-11-15-21-18(23-8-7-13(9-23)17(20)24)16-14(10-26-19(16)22-15)12-5-3-2-4-6-12/h2-6,10,13H,7-9,11H2,1H3,(H2,20,24). The molecule has 2 N–H and O–H groups in total. The Labute approximate surface area is 160 Å². The van der Waals surface area contributed by atoms with Crippen molar-refractivity contribution in [1.82, 2.24) is 9.97 Å². The SMILES string of the molecule is CSCc1nc(N2CCC(C(N)=O)C2)c2c(-c3ccccc3)csc2n1. The number of hydrogen-bond acceptors (Lipinski definition) is 6. The molecular formula is C19H20N4OS2. The van der Waals surface area contributed by atoms with E-state index in [4.69, 9.17) is 15.7 Å². The molecule has 0 bridgehead atoms. The second kappa shape index (κ2) is 7.25. The van der Waals surface area contributed by atoms with E-state index in [2.05, 4.69) is 28.7 Å². The Bertz CT molecular complexity index is 941. The lowest BCUT2D eigenvalue weighted by molar-refractivity contribution is -0.121. The zero-order valence-corrected chi connectivity index (χ0v) is 16.1. The third-order valence-corrected chi connectivity index (χ3v) is 6.13. The molecule has 2 aromatic heterocycles. The van der Waals surface area contributed by atoms with Crippen LogP contribution in [-0.2, 0) is 10.5 Å². The van der Waals surface area contributed by atoms with Crippen LogP contribution < -0.4 is 10.6 Å². The van der Waals surface area contributed by atoms with Gasteiger partial charge in [0, 0.05) is 24.0 Å². The second-order valence-corrected chi connectivity index (χ2v) is 8.15. The monoisotopic (exact) mass is 384 g/mol. The molecule has 134 valence electrons. The zero-order valence-electron chi connectivity index (χ0n) is 14.5. The number of carbonyl (C=O) groups is 1. The first-order valence-electron chi connectivity index (χ1n) is 8.54. The van der Waals surface area contributed by atoms with Crippen molar-refractivity contribution in [2.24, 2.45) is 11.7 Å². The molecular weight excluding hydrogens is 364 g/mol. The van der Waals surface area contributed by atoms with Gasteiger partial charge in [0.05, 0.1) is 17.1 Å². The highest BCUT2D eigenvalue weighted by Gasteiger charge is 2.30. The minimum Gasteiger partial charge on any atom is -0.369 e. The van der Waals surface area contributed by atoms with E-state index < -0.39 is 0 Å². The van der Waals surface area contributed by atoms with E-state index in [0.717, 1.165) is 51.7 Å². The van der Waals surface area contributed by atoms with Gasteiger partial charge in [0.15, 0.2) is 0 Å². The molecule has 1 saturated heterocycles. The maximum atomic E-state index is 11.6. The summed E-state index contributed by atoms with van der Waals surface area (Å²) >= 11 is 3.36. The molecule has 26 heavy (non-hydrogen) atoms. The van der Waals surface area contributed by atoms with E-state index in [1.807, 2.05) is 18.2 Å². The summed E-state index contributed by atoms with van der Waals surface area (Å²) in [6.45, 7) is 1.42. The van der Waals surface area contributed by atoms with Crippen molar-refractivity contribution in [3.8, 4) is 11.1 Å². The molecule has 1 unspecified atom stereocenters. The van der Waals surface area contributed by atoms with Crippen LogP contribution in [0.25, 0.3) is 21.3 Å². The number of nitrogens with zero attached hydrogens (tertiary/aromatic N) is 3. The van der Waals surface area contributed by atoms with Crippen LogP contribution in [0.4, 0.5) is 5.82 Å². The van der Waals surface area contributed by atoms with Crippen molar-refractivity contribution in [2.75, 3.05) is 24.2 Å². The lowest BCUT2D eigenvalue weighted by Crippen LogP contribution is -2.28. The van der Waals surface area contributed by atoms with Crippen molar-refractivity contribution < 1.29 is 4.79 Å². The average molecular weight is 385 g/mol. The van der Waals surface area contributed by atoms with Crippen LogP contribution in [0.3, 0.4) is 0 Å². The number of rotatable bonds is 5. The van der Waals surface area contributed by atoms with Gasteiger partial charge in [0.2, 0.25) is 5.91 Å². The molecule has 1 aromatic carbocycles. The van der Waals surface area contributed by atoms with Crippen molar-refractivity contribution in [3.63, 3.8) is 0 Å². The molecule has 1 aliphatic heterocycles. The first kappa shape index (κ1) is 17.3. The van der Waals surface area contributed by atoms with E-state index in [1.54, 1.807) is 23.1 Å². The topological polar surface area (TPSA) is 72.1 Å². The van der Waals surface area contributed by atoms with Gasteiger partial charge in [-0.1, -0.05) is 30.3 Å². The maximum Gasteiger partial charge on any atom is 0.222 e. The van der Waals surface area contributed by atoms with E-state index in [0.29, 0.717) is 6.54 Å². The van der Waals surface area contributed by atoms with Gasteiger partial charge >= 0.3 is 0 Å². The zero-order chi connectivity index (χ0) is 18.1. The molecule has 3 heterocycles. The predicted molar refractivity (Wildman–Crippen MR) is 110 cm³/mol. The minimum absolute atomic E-state index is 0.108. The van der Waals surface area contributed by atoms with Gasteiger partial charge in [0.1, 0.15) is 16.5 Å². The number of nitrogens with two attached hydrogens (primary N) is 1. The summed E-state index contributed by atoms with van der Waals surface area (Å²) in [6.07, 6.45) is 2.83. The first-order valence-corrected chi connectivity index (χ1v) is 10.8. The Hall–Kier alpha value is -2.12. The number of primary amides is 1. The number of benzene rings is 1. The Morgan fingerprint density at radius 1 is 1.35 bits per heavy atom. The Morgan fingerprint density at radius 2 is 2.15 bits per heavy atom. The summed E-state index contributed by atoms with van der Waals surface area (Å²) in [4.78, 5) is 24.4. The fourth-order valence-corrected chi connectivity index (χ4v) is 4.75. The summed E-state index contributed by atoms with van der Waals surface area (Å²) < 4.78 is 0. The van der Waals surface area contributed by atoms with Crippen LogP contribution in [0.15, 0.2) is 35.7 Å². The van der Waals surface area contributed by atoms with Crippen molar-refractivity contribution in [1.29, 1.82) is 0 Å². The Kier molecular flexibility index (Phi) is 4.82. The number of carbonyl (C=O) groups excluding carboxylic acids is 1. The average Bonchev–Trinajstić information content (AvgIpc) is 3.29. The minimum atomic E-state index is -0.226. The van der Waals surface area contributed by atoms with E-state index >= 15 is 0 Å². The molecule has 1 atom stereocenters. The van der Waals surface area contributed by atoms with Gasteiger partial charge in [-0.05, 0) is 18.2 Å². The predicted octanol–water partition coefficient (Wildman–Crippen LogP) is 3.53. The summed E-state index contributed by atoms with van der Waals surface area (Å²) in [5, 5.41) is 3.24. The van der Waals surface area contributed by atoms with E-state index in [1.165, 1.54) is 0 Å².